The van der Waals surface area contributed by atoms with Crippen molar-refractivity contribution < 1.29 is 9.90 Å². The van der Waals surface area contributed by atoms with E-state index in [0.717, 1.165) is 30.1 Å². The van der Waals surface area contributed by atoms with Crippen molar-refractivity contribution in [2.24, 2.45) is 40.4 Å². The number of aliphatic carboxylic acids is 1. The molecule has 0 aromatic rings. The minimum absolute atomic E-state index is 0.348. The highest BCUT2D eigenvalue weighted by Gasteiger charge is 2.57. The van der Waals surface area contributed by atoms with Crippen molar-refractivity contribution in [1.82, 2.24) is 0 Å². The van der Waals surface area contributed by atoms with Gasteiger partial charge in [0.1, 0.15) is 0 Å². The molecule has 7 atom stereocenters. The molecule has 0 saturated heterocycles. The molecule has 3 fully saturated rings. The number of unbranched alkanes of at least 4 members (excludes halogenated alkanes) is 3. The van der Waals surface area contributed by atoms with E-state index in [4.69, 9.17) is 5.11 Å². The van der Waals surface area contributed by atoms with Crippen molar-refractivity contribution in [3.63, 3.8) is 0 Å². The average molecular weight is 391 g/mol. The van der Waals surface area contributed by atoms with E-state index in [1.54, 1.807) is 0 Å². The first-order chi connectivity index (χ1) is 13.3. The second kappa shape index (κ2) is 9.09. The Hall–Kier alpha value is -0.530. The minimum atomic E-state index is -0.624. The van der Waals surface area contributed by atoms with Gasteiger partial charge in [-0.2, -0.15) is 0 Å². The van der Waals surface area contributed by atoms with Crippen LogP contribution in [0.25, 0.3) is 0 Å². The summed E-state index contributed by atoms with van der Waals surface area (Å²) < 4.78 is 0. The Morgan fingerprint density at radius 2 is 1.82 bits per heavy atom. The molecular formula is C26H46O2. The van der Waals surface area contributed by atoms with Crippen molar-refractivity contribution in [1.29, 1.82) is 0 Å². The largest absolute Gasteiger partial charge is 0.481 e. The summed E-state index contributed by atoms with van der Waals surface area (Å²) in [4.78, 5) is 11.1. The van der Waals surface area contributed by atoms with E-state index in [2.05, 4.69) is 27.7 Å². The number of carboxylic acid groups (broad SMARTS) is 1. The van der Waals surface area contributed by atoms with Gasteiger partial charge in [-0.25, -0.2) is 0 Å². The Balaban J connectivity index is 1.67. The van der Waals surface area contributed by atoms with Crippen LogP contribution in [0, 0.1) is 40.4 Å². The van der Waals surface area contributed by atoms with Crippen LogP contribution in [0.1, 0.15) is 118 Å². The Bertz CT molecular complexity index is 529. The van der Waals surface area contributed by atoms with Crippen molar-refractivity contribution in [3.8, 4) is 0 Å². The molecule has 2 heteroatoms. The van der Waals surface area contributed by atoms with Crippen LogP contribution in [0.2, 0.25) is 0 Å². The Labute approximate surface area is 174 Å². The fraction of sp³-hybridized carbons (Fsp3) is 0.962. The van der Waals surface area contributed by atoms with Crippen LogP contribution in [-0.2, 0) is 4.79 Å². The predicted octanol–water partition coefficient (Wildman–Crippen LogP) is 7.71. The highest BCUT2D eigenvalue weighted by molar-refractivity contribution is 5.66. The second-order valence-corrected chi connectivity index (χ2v) is 11.4. The van der Waals surface area contributed by atoms with Crippen LogP contribution in [0.3, 0.4) is 0 Å². The Morgan fingerprint density at radius 3 is 2.54 bits per heavy atom. The maximum atomic E-state index is 11.1. The normalized spacial score (nSPS) is 41.3. The van der Waals surface area contributed by atoms with E-state index in [9.17, 15) is 4.79 Å². The third-order valence-corrected chi connectivity index (χ3v) is 9.79. The van der Waals surface area contributed by atoms with E-state index < -0.39 is 5.97 Å². The zero-order valence-corrected chi connectivity index (χ0v) is 19.1. The molecule has 0 heterocycles. The maximum Gasteiger partial charge on any atom is 0.303 e. The summed E-state index contributed by atoms with van der Waals surface area (Å²) in [6.07, 6.45) is 18.2. The molecule has 162 valence electrons. The van der Waals surface area contributed by atoms with Gasteiger partial charge in [0.2, 0.25) is 0 Å². The average Bonchev–Trinajstić information content (AvgIpc) is 3.01. The molecule has 3 rings (SSSR count). The summed E-state index contributed by atoms with van der Waals surface area (Å²) in [6.45, 7) is 9.89. The zero-order valence-electron chi connectivity index (χ0n) is 19.1. The molecule has 6 unspecified atom stereocenters. The standard InChI is InChI=1S/C26H46O2/c1-5-6-7-8-16-25(3)17-9-10-20-22(25)15-18-26(4)21(12-13-23(20)26)19(2)11-14-24(27)28/h19-23H,5-18H2,1-4H3,(H,27,28)/t19-,20?,21?,22?,23?,25?,26?/m1/s1. The summed E-state index contributed by atoms with van der Waals surface area (Å²) in [6, 6.07) is 0. The lowest BCUT2D eigenvalue weighted by Gasteiger charge is -2.57. The van der Waals surface area contributed by atoms with Gasteiger partial charge in [-0.3, -0.25) is 4.79 Å². The molecule has 28 heavy (non-hydrogen) atoms. The van der Waals surface area contributed by atoms with E-state index >= 15 is 0 Å². The van der Waals surface area contributed by atoms with Gasteiger partial charge < -0.3 is 5.11 Å². The number of hydrogen-bond donors (Lipinski definition) is 1. The molecule has 2 nitrogen and oxygen atoms in total. The number of fused-ring (bicyclic) bond motifs is 3. The van der Waals surface area contributed by atoms with Crippen LogP contribution in [0.4, 0.5) is 0 Å². The molecule has 0 aliphatic heterocycles. The first-order valence-corrected chi connectivity index (χ1v) is 12.5. The summed E-state index contributed by atoms with van der Waals surface area (Å²) in [5.74, 6) is 3.48. The monoisotopic (exact) mass is 390 g/mol. The van der Waals surface area contributed by atoms with Crippen molar-refractivity contribution >= 4 is 5.97 Å². The molecule has 3 aliphatic rings. The number of hydrogen-bond acceptors (Lipinski definition) is 1. The fourth-order valence-electron chi connectivity index (χ4n) is 8.28. The van der Waals surface area contributed by atoms with Crippen molar-refractivity contribution in [2.45, 2.75) is 118 Å². The number of carboxylic acids is 1. The molecular weight excluding hydrogens is 344 g/mol. The lowest BCUT2D eigenvalue weighted by Crippen LogP contribution is -2.49. The van der Waals surface area contributed by atoms with Crippen LogP contribution in [0.15, 0.2) is 0 Å². The number of carbonyl (C=O) groups is 1. The van der Waals surface area contributed by atoms with Gasteiger partial charge in [-0.1, -0.05) is 59.8 Å². The summed E-state index contributed by atoms with van der Waals surface area (Å²) >= 11 is 0. The molecule has 3 aliphatic carbocycles. The van der Waals surface area contributed by atoms with Gasteiger partial charge in [0.05, 0.1) is 0 Å². The molecule has 0 bridgehead atoms. The third-order valence-electron chi connectivity index (χ3n) is 9.79. The first-order valence-electron chi connectivity index (χ1n) is 12.5. The van der Waals surface area contributed by atoms with Crippen molar-refractivity contribution in [3.05, 3.63) is 0 Å². The second-order valence-electron chi connectivity index (χ2n) is 11.4. The lowest BCUT2D eigenvalue weighted by atomic mass is 9.48. The number of rotatable bonds is 9. The molecule has 0 spiro atoms. The summed E-state index contributed by atoms with van der Waals surface area (Å²) in [5.41, 5.74) is 1.06. The van der Waals surface area contributed by atoms with Crippen LogP contribution in [0.5, 0.6) is 0 Å². The highest BCUT2D eigenvalue weighted by Crippen LogP contribution is 2.66. The van der Waals surface area contributed by atoms with Crippen LogP contribution < -0.4 is 0 Å². The van der Waals surface area contributed by atoms with E-state index in [0.29, 0.717) is 23.2 Å². The van der Waals surface area contributed by atoms with E-state index in [-0.39, 0.29) is 0 Å². The molecule has 0 aromatic heterocycles. The molecule has 0 aromatic carbocycles. The highest BCUT2D eigenvalue weighted by atomic mass is 16.4. The van der Waals surface area contributed by atoms with Gasteiger partial charge >= 0.3 is 5.97 Å². The lowest BCUT2D eigenvalue weighted by molar-refractivity contribution is -0.137. The fourth-order valence-corrected chi connectivity index (χ4v) is 8.28. The molecule has 1 N–H and O–H groups in total. The smallest absolute Gasteiger partial charge is 0.303 e. The van der Waals surface area contributed by atoms with Crippen LogP contribution >= 0.6 is 0 Å². The van der Waals surface area contributed by atoms with Gasteiger partial charge in [-0.15, -0.1) is 0 Å². The maximum absolute atomic E-state index is 11.1. The van der Waals surface area contributed by atoms with Gasteiger partial charge in [0, 0.05) is 6.42 Å². The third kappa shape index (κ3) is 4.31. The van der Waals surface area contributed by atoms with Gasteiger partial charge in [-0.05, 0) is 91.8 Å². The van der Waals surface area contributed by atoms with Crippen LogP contribution in [-0.4, -0.2) is 11.1 Å². The zero-order chi connectivity index (χ0) is 20.4. The summed E-state index contributed by atoms with van der Waals surface area (Å²) in [5, 5.41) is 9.12. The quantitative estimate of drug-likeness (QED) is 0.409. The van der Waals surface area contributed by atoms with Gasteiger partial charge in [0.25, 0.3) is 0 Å². The minimum Gasteiger partial charge on any atom is -0.481 e. The SMILES string of the molecule is CCCCCCC1(C)CCCC2C1CCC1(C)C2CCC1[C@H](C)CCC(=O)O. The summed E-state index contributed by atoms with van der Waals surface area (Å²) in [7, 11) is 0. The predicted molar refractivity (Wildman–Crippen MR) is 117 cm³/mol. The first kappa shape index (κ1) is 22.2. The van der Waals surface area contributed by atoms with Crippen molar-refractivity contribution in [2.75, 3.05) is 0 Å². The molecule has 0 amide bonds. The van der Waals surface area contributed by atoms with E-state index in [1.165, 1.54) is 77.0 Å². The Morgan fingerprint density at radius 1 is 1.04 bits per heavy atom. The molecule has 3 saturated carbocycles. The van der Waals surface area contributed by atoms with Gasteiger partial charge in [0.15, 0.2) is 0 Å². The van der Waals surface area contributed by atoms with E-state index in [1.807, 2.05) is 0 Å². The molecule has 0 radical (unpaired) electrons. The topological polar surface area (TPSA) is 37.3 Å². The Kier molecular flexibility index (Phi) is 7.19.